The fourth-order valence-electron chi connectivity index (χ4n) is 1.14. The molecule has 6 nitrogen and oxygen atoms in total. The second-order valence-electron chi connectivity index (χ2n) is 4.06. The van der Waals surface area contributed by atoms with Gasteiger partial charge in [0.25, 0.3) is 10.0 Å². The number of carbonyl (C=O) groups is 1. The minimum Gasteiger partial charge on any atom is -0.478 e. The Morgan fingerprint density at radius 1 is 1.50 bits per heavy atom. The minimum absolute atomic E-state index is 0.0455. The van der Waals surface area contributed by atoms with Gasteiger partial charge in [0.05, 0.1) is 5.56 Å². The second-order valence-corrected chi connectivity index (χ2v) is 5.77. The molecule has 2 N–H and O–H groups in total. The average molecular weight is 272 g/mol. The highest BCUT2D eigenvalue weighted by Gasteiger charge is 2.16. The number of nitrogens with one attached hydrogen (secondary N) is 1. The normalized spacial score (nSPS) is 13.2. The van der Waals surface area contributed by atoms with Gasteiger partial charge < -0.3 is 5.11 Å². The Hall–Kier alpha value is -1.47. The summed E-state index contributed by atoms with van der Waals surface area (Å²) >= 11 is 0. The van der Waals surface area contributed by atoms with Crippen LogP contribution in [0.3, 0.4) is 0 Å². The summed E-state index contributed by atoms with van der Waals surface area (Å²) in [6, 6.07) is 2.40. The molecule has 18 heavy (non-hydrogen) atoms. The Balaban J connectivity index is 2.82. The molecule has 1 rings (SSSR count). The number of aromatic nitrogens is 1. The molecule has 0 aliphatic rings. The molecular weight excluding hydrogens is 256 g/mol. The van der Waals surface area contributed by atoms with Crippen molar-refractivity contribution in [1.29, 1.82) is 0 Å². The van der Waals surface area contributed by atoms with Crippen molar-refractivity contribution in [3.8, 4) is 0 Å². The van der Waals surface area contributed by atoms with Crippen LogP contribution in [-0.2, 0) is 10.0 Å². The Kier molecular flexibility index (Phi) is 4.80. The predicted molar refractivity (Wildman–Crippen MR) is 65.8 cm³/mol. The lowest BCUT2D eigenvalue weighted by atomic mass is 10.1. The third-order valence-electron chi connectivity index (χ3n) is 2.58. The zero-order chi connectivity index (χ0) is 13.8. The molecule has 0 aliphatic heterocycles. The molecule has 0 radical (unpaired) electrons. The summed E-state index contributed by atoms with van der Waals surface area (Å²) in [7, 11) is -3.66. The lowest BCUT2D eigenvalue weighted by molar-refractivity contribution is 0.0696. The Morgan fingerprint density at radius 2 is 2.17 bits per heavy atom. The van der Waals surface area contributed by atoms with Gasteiger partial charge in [0.2, 0.25) is 0 Å². The summed E-state index contributed by atoms with van der Waals surface area (Å²) in [5.74, 6) is -0.905. The van der Waals surface area contributed by atoms with E-state index in [9.17, 15) is 13.2 Å². The summed E-state index contributed by atoms with van der Waals surface area (Å²) in [5, 5.41) is 8.51. The number of carboxylic acids is 1. The van der Waals surface area contributed by atoms with Crippen molar-refractivity contribution in [3.63, 3.8) is 0 Å². The first-order valence-corrected chi connectivity index (χ1v) is 7.04. The van der Waals surface area contributed by atoms with Crippen molar-refractivity contribution in [3.05, 3.63) is 23.9 Å². The van der Waals surface area contributed by atoms with Gasteiger partial charge in [-0.3, -0.25) is 0 Å². The predicted octanol–water partition coefficient (Wildman–Crippen LogP) is 1.10. The Labute approximate surface area is 106 Å². The molecule has 1 aromatic rings. The molecule has 0 aliphatic carbocycles. The zero-order valence-electron chi connectivity index (χ0n) is 10.3. The van der Waals surface area contributed by atoms with Crippen LogP contribution in [0.15, 0.2) is 23.4 Å². The molecule has 0 fully saturated rings. The fourth-order valence-corrected chi connectivity index (χ4v) is 2.23. The molecule has 1 heterocycles. The first kappa shape index (κ1) is 14.6. The van der Waals surface area contributed by atoms with Gasteiger partial charge in [-0.1, -0.05) is 20.3 Å². The van der Waals surface area contributed by atoms with E-state index in [1.165, 1.54) is 12.1 Å². The standard InChI is InChI=1S/C11H16N2O4S/c1-3-8(2)6-13-18(16,17)10-5-4-9(7-12-10)11(14)15/h4-5,7-8,13H,3,6H2,1-2H3,(H,14,15). The van der Waals surface area contributed by atoms with Crippen LogP contribution in [-0.4, -0.2) is 31.0 Å². The highest BCUT2D eigenvalue weighted by atomic mass is 32.2. The van der Waals surface area contributed by atoms with Crippen molar-refractivity contribution in [2.24, 2.45) is 5.92 Å². The van der Waals surface area contributed by atoms with Crippen molar-refractivity contribution in [1.82, 2.24) is 9.71 Å². The lowest BCUT2D eigenvalue weighted by Crippen LogP contribution is -2.29. The Bertz CT molecular complexity index is 510. The second kappa shape index (κ2) is 5.92. The number of hydrogen-bond donors (Lipinski definition) is 2. The molecule has 1 aromatic heterocycles. The van der Waals surface area contributed by atoms with Crippen LogP contribution in [0.2, 0.25) is 0 Å². The highest BCUT2D eigenvalue weighted by molar-refractivity contribution is 7.89. The third kappa shape index (κ3) is 3.78. The maximum atomic E-state index is 11.8. The third-order valence-corrected chi connectivity index (χ3v) is 3.92. The number of hydrogen-bond acceptors (Lipinski definition) is 4. The zero-order valence-corrected chi connectivity index (χ0v) is 11.1. The molecule has 7 heteroatoms. The maximum absolute atomic E-state index is 11.8. The number of sulfonamides is 1. The van der Waals surface area contributed by atoms with Gasteiger partial charge in [-0.2, -0.15) is 0 Å². The number of pyridine rings is 1. The first-order chi connectivity index (χ1) is 8.36. The molecule has 0 bridgehead atoms. The Morgan fingerprint density at radius 3 is 2.61 bits per heavy atom. The van der Waals surface area contributed by atoms with E-state index in [0.717, 1.165) is 12.6 Å². The van der Waals surface area contributed by atoms with E-state index >= 15 is 0 Å². The van der Waals surface area contributed by atoms with Gasteiger partial charge in [0, 0.05) is 12.7 Å². The maximum Gasteiger partial charge on any atom is 0.337 e. The van der Waals surface area contributed by atoms with Crippen LogP contribution in [0.25, 0.3) is 0 Å². The van der Waals surface area contributed by atoms with Crippen LogP contribution >= 0.6 is 0 Å². The lowest BCUT2D eigenvalue weighted by Gasteiger charge is -2.10. The van der Waals surface area contributed by atoms with E-state index in [0.29, 0.717) is 6.54 Å². The summed E-state index contributed by atoms with van der Waals surface area (Å²) in [6.07, 6.45) is 1.90. The van der Waals surface area contributed by atoms with Gasteiger partial charge >= 0.3 is 5.97 Å². The van der Waals surface area contributed by atoms with Gasteiger partial charge in [-0.05, 0) is 18.1 Å². The smallest absolute Gasteiger partial charge is 0.337 e. The van der Waals surface area contributed by atoms with Crippen LogP contribution in [0.4, 0.5) is 0 Å². The molecule has 0 saturated carbocycles. The SMILES string of the molecule is CCC(C)CNS(=O)(=O)c1ccc(C(=O)O)cn1. The fraction of sp³-hybridized carbons (Fsp3) is 0.455. The van der Waals surface area contributed by atoms with Crippen LogP contribution in [0.5, 0.6) is 0 Å². The number of carboxylic acid groups (broad SMARTS) is 1. The van der Waals surface area contributed by atoms with E-state index in [1.54, 1.807) is 0 Å². The van der Waals surface area contributed by atoms with Crippen molar-refractivity contribution in [2.75, 3.05) is 6.54 Å². The molecule has 100 valence electrons. The molecular formula is C11H16N2O4S. The quantitative estimate of drug-likeness (QED) is 0.808. The van der Waals surface area contributed by atoms with Crippen molar-refractivity contribution >= 4 is 16.0 Å². The summed E-state index contributed by atoms with van der Waals surface area (Å²) in [5.41, 5.74) is -0.0455. The van der Waals surface area contributed by atoms with E-state index in [2.05, 4.69) is 9.71 Å². The van der Waals surface area contributed by atoms with Crippen LogP contribution in [0.1, 0.15) is 30.6 Å². The summed E-state index contributed by atoms with van der Waals surface area (Å²) < 4.78 is 26.1. The largest absolute Gasteiger partial charge is 0.478 e. The van der Waals surface area contributed by atoms with Crippen LogP contribution in [0, 0.1) is 5.92 Å². The molecule has 0 spiro atoms. The number of aromatic carboxylic acids is 1. The molecule has 0 amide bonds. The monoisotopic (exact) mass is 272 g/mol. The van der Waals surface area contributed by atoms with Crippen molar-refractivity contribution < 1.29 is 18.3 Å². The van der Waals surface area contributed by atoms with Gasteiger partial charge in [0.15, 0.2) is 5.03 Å². The highest BCUT2D eigenvalue weighted by Crippen LogP contribution is 2.08. The molecule has 0 aromatic carbocycles. The molecule has 0 saturated heterocycles. The van der Waals surface area contributed by atoms with E-state index < -0.39 is 16.0 Å². The molecule has 1 atom stereocenters. The molecule has 1 unspecified atom stereocenters. The summed E-state index contributed by atoms with van der Waals surface area (Å²) in [4.78, 5) is 14.3. The van der Waals surface area contributed by atoms with E-state index in [-0.39, 0.29) is 16.5 Å². The first-order valence-electron chi connectivity index (χ1n) is 5.55. The average Bonchev–Trinajstić information content (AvgIpc) is 2.36. The number of rotatable bonds is 6. The van der Waals surface area contributed by atoms with E-state index in [1.807, 2.05) is 13.8 Å². The van der Waals surface area contributed by atoms with Gasteiger partial charge in [-0.25, -0.2) is 22.9 Å². The van der Waals surface area contributed by atoms with E-state index in [4.69, 9.17) is 5.11 Å². The van der Waals surface area contributed by atoms with Gasteiger partial charge in [0.1, 0.15) is 0 Å². The van der Waals surface area contributed by atoms with Crippen molar-refractivity contribution in [2.45, 2.75) is 25.3 Å². The van der Waals surface area contributed by atoms with Crippen LogP contribution < -0.4 is 4.72 Å². The topological polar surface area (TPSA) is 96.4 Å². The summed E-state index contributed by atoms with van der Waals surface area (Å²) in [6.45, 7) is 4.24. The number of nitrogens with zero attached hydrogens (tertiary/aromatic N) is 1. The minimum atomic E-state index is -3.66. The van der Waals surface area contributed by atoms with Gasteiger partial charge in [-0.15, -0.1) is 0 Å².